The van der Waals surface area contributed by atoms with Gasteiger partial charge in [0, 0.05) is 352 Å². The van der Waals surface area contributed by atoms with Crippen molar-refractivity contribution in [2.75, 3.05) is 340 Å². The van der Waals surface area contributed by atoms with Crippen molar-refractivity contribution < 1.29 is 57.2 Å². The number of hydrogen-bond donors (Lipinski definition) is 12. The Morgan fingerprint density at radius 1 is 0.190 bits per heavy atom. The number of hydrogen-bond acceptors (Lipinski definition) is 32. The molecule has 0 rings (SSSR count). The Morgan fingerprint density at radius 2 is 0.317 bits per heavy atom. The van der Waals surface area contributed by atoms with E-state index in [1.54, 1.807) is 0 Å². The van der Waals surface area contributed by atoms with Crippen molar-refractivity contribution in [3.05, 3.63) is 0 Å². The highest BCUT2D eigenvalue weighted by Crippen LogP contribution is 2.15. The highest BCUT2D eigenvalue weighted by molar-refractivity contribution is 5.69. The molecule has 0 fully saturated rings. The number of rotatable bonds is 76. The standard InChI is InChI=1S/C65H133N13O12.C35H85N13.4CH4/c1-51(2)49-76(34-28-69-57(82)88-63(16,17)18)45-43-73(32-26-67-55(80)86-61(10,11)12)38-37-72(31-25-66-54(79)85-60(7,8)9)39-41-75(44-46-77(50-52(3)4)35-29-70-58(83)89-64(19,20)21)42-40-74(33-27-68-56(81)87-62(13,14)15)47-48-78(53(5)6)36-30-71-59(84)90-65(22,23)24;1-33(2)31-46(16-10-39)27-25-43(14-8-37)20-19-42(13-7-36)21-23-45(26-28-47(17-11-40)32-34(3)4)24-22-44(15-9-38)29-30-48(18-12-41)35(5)6;;;;/h51-53H,25-50H2,1-24H3,(H,66,79)(H,67,80)(H,68,81)(H,69,82)(H,70,83)(H,71,84);33-35H,7-32,36-41H2,1-6H3;4*1H4. The van der Waals surface area contributed by atoms with Gasteiger partial charge >= 0.3 is 36.6 Å². The minimum atomic E-state index is -0.672. The molecule has 6 amide bonds. The monoisotopic (exact) mass is 2040 g/mol. The summed E-state index contributed by atoms with van der Waals surface area (Å²) in [5.41, 5.74) is 32.3. The molecule has 0 aromatic carbocycles. The van der Waals surface area contributed by atoms with Crippen molar-refractivity contribution in [3.63, 3.8) is 0 Å². The van der Waals surface area contributed by atoms with Gasteiger partial charge in [-0.05, 0) is 176 Å². The predicted molar refractivity (Wildman–Crippen MR) is 597 cm³/mol. The number of carbonyl (C=O) groups is 6. The lowest BCUT2D eigenvalue weighted by molar-refractivity contribution is 0.0500. The van der Waals surface area contributed by atoms with Gasteiger partial charge in [-0.25, -0.2) is 28.8 Å². The minimum Gasteiger partial charge on any atom is -0.444 e. The number of nitrogens with two attached hydrogens (primary N) is 6. The third-order valence-corrected chi connectivity index (χ3v) is 21.9. The molecule has 0 spiro atoms. The van der Waals surface area contributed by atoms with Gasteiger partial charge in [-0.15, -0.1) is 0 Å². The van der Waals surface area contributed by atoms with Crippen molar-refractivity contribution in [1.29, 1.82) is 0 Å². The lowest BCUT2D eigenvalue weighted by Crippen LogP contribution is -2.49. The third-order valence-electron chi connectivity index (χ3n) is 21.9. The summed E-state index contributed by atoms with van der Waals surface area (Å²) in [4.78, 5) is 111. The van der Waals surface area contributed by atoms with Crippen LogP contribution in [-0.4, -0.2) is 491 Å². The van der Waals surface area contributed by atoms with Crippen molar-refractivity contribution in [3.8, 4) is 0 Å². The van der Waals surface area contributed by atoms with Crippen LogP contribution in [0, 0.1) is 23.7 Å². The summed E-state index contributed by atoms with van der Waals surface area (Å²) in [6, 6.07) is 0.666. The molecular formula is C104H234N26O12. The van der Waals surface area contributed by atoms with Crippen molar-refractivity contribution >= 4 is 36.6 Å². The summed E-state index contributed by atoms with van der Waals surface area (Å²) in [5.74, 6) is 1.97. The van der Waals surface area contributed by atoms with Crippen LogP contribution in [0.3, 0.4) is 0 Å². The zero-order valence-electron chi connectivity index (χ0n) is 93.9. The van der Waals surface area contributed by atoms with Crippen LogP contribution in [0.1, 0.15) is 237 Å². The van der Waals surface area contributed by atoms with Crippen molar-refractivity contribution in [1.82, 2.24) is 100 Å². The van der Waals surface area contributed by atoms with Crippen LogP contribution in [0.2, 0.25) is 0 Å². The van der Waals surface area contributed by atoms with Gasteiger partial charge in [-0.1, -0.05) is 85.1 Å². The van der Waals surface area contributed by atoms with E-state index in [0.717, 1.165) is 151 Å². The van der Waals surface area contributed by atoms with E-state index < -0.39 is 70.2 Å². The van der Waals surface area contributed by atoms with E-state index in [2.05, 4.69) is 184 Å². The smallest absolute Gasteiger partial charge is 0.407 e. The Bertz CT molecular complexity index is 3050. The summed E-state index contributed by atoms with van der Waals surface area (Å²) in [6.07, 6.45) is -2.82. The van der Waals surface area contributed by atoms with Gasteiger partial charge in [0.15, 0.2) is 0 Å². The van der Waals surface area contributed by atoms with Crippen LogP contribution in [-0.2, 0) is 28.4 Å². The predicted octanol–water partition coefficient (Wildman–Crippen LogP) is 9.09. The molecule has 0 aliphatic heterocycles. The Balaban J connectivity index is -0.000000752. The molecule has 18 N–H and O–H groups in total. The lowest BCUT2D eigenvalue weighted by atomic mass is 10.2. The first-order valence-corrected chi connectivity index (χ1v) is 52.5. The fraction of sp³-hybridized carbons (Fsp3) is 0.942. The van der Waals surface area contributed by atoms with Gasteiger partial charge in [0.25, 0.3) is 0 Å². The van der Waals surface area contributed by atoms with Gasteiger partial charge in [0.05, 0.1) is 0 Å². The number of ether oxygens (including phenoxy) is 6. The molecule has 852 valence electrons. The van der Waals surface area contributed by atoms with Crippen molar-refractivity contribution in [2.45, 2.75) is 283 Å². The van der Waals surface area contributed by atoms with E-state index in [1.807, 2.05) is 125 Å². The van der Waals surface area contributed by atoms with Crippen LogP contribution >= 0.6 is 0 Å². The summed E-state index contributed by atoms with van der Waals surface area (Å²) in [6.45, 7) is 99.2. The van der Waals surface area contributed by atoms with Crippen molar-refractivity contribution in [2.24, 2.45) is 58.1 Å². The summed E-state index contributed by atoms with van der Waals surface area (Å²) in [7, 11) is 0. The SMILES string of the molecule is C.C.C.C.CC(C)CN(CCN)CCN(CCN)CCN(CCN)CCN(CCN(CCN)CCN(CCN)C(C)C)CCN(CCN)CC(C)C.CC(C)CN(CCNC(=O)OC(C)(C)C)CCN(CCNC(=O)OC(C)(C)C)CCN(CCNC(=O)OC(C)(C)C)CCN(CCN(CCNC(=O)OC(C)(C)C)CCN(CCNC(=O)OC(C)(C)C)C(C)C)CCN(CCNC(=O)OC(C)(C)C)CC(C)C. The Kier molecular flexibility index (Phi) is 85.8. The van der Waals surface area contributed by atoms with E-state index in [-0.39, 0.29) is 35.7 Å². The minimum absolute atomic E-state index is 0. The van der Waals surface area contributed by atoms with Gasteiger partial charge in [-0.2, -0.15) is 0 Å². The molecule has 0 atom stereocenters. The van der Waals surface area contributed by atoms with E-state index in [9.17, 15) is 28.8 Å². The molecule has 0 heterocycles. The Labute approximate surface area is 871 Å². The molecular weight excluding hydrogens is 1810 g/mol. The molecule has 0 aromatic heterocycles. The highest BCUT2D eigenvalue weighted by Gasteiger charge is 2.27. The van der Waals surface area contributed by atoms with Gasteiger partial charge in [0.2, 0.25) is 0 Å². The van der Waals surface area contributed by atoms with Crippen LogP contribution in [0.4, 0.5) is 28.8 Å². The maximum atomic E-state index is 13.1. The van der Waals surface area contributed by atoms with Gasteiger partial charge in [-0.3, -0.25) is 49.0 Å². The second-order valence-corrected chi connectivity index (χ2v) is 45.1. The quantitative estimate of drug-likeness (QED) is 0.0252. The topological polar surface area (TPSA) is 431 Å². The highest BCUT2D eigenvalue weighted by atomic mass is 16.6. The number of nitrogens with zero attached hydrogens (tertiary/aromatic N) is 14. The lowest BCUT2D eigenvalue weighted by Gasteiger charge is -2.34. The van der Waals surface area contributed by atoms with Crippen LogP contribution < -0.4 is 66.3 Å². The molecule has 0 aliphatic rings. The maximum Gasteiger partial charge on any atom is 0.407 e. The molecule has 38 nitrogen and oxygen atoms in total. The maximum absolute atomic E-state index is 13.1. The second-order valence-electron chi connectivity index (χ2n) is 45.1. The molecule has 0 radical (unpaired) electrons. The van der Waals surface area contributed by atoms with E-state index in [4.69, 9.17) is 62.8 Å². The van der Waals surface area contributed by atoms with Gasteiger partial charge < -0.3 is 114 Å². The first-order valence-electron chi connectivity index (χ1n) is 52.5. The molecule has 0 bridgehead atoms. The first kappa shape index (κ1) is 147. The molecule has 0 aliphatic carbocycles. The van der Waals surface area contributed by atoms with Crippen LogP contribution in [0.5, 0.6) is 0 Å². The number of nitrogens with one attached hydrogen (secondary N) is 6. The average Bonchev–Trinajstić information content (AvgIpc) is 0.900. The molecule has 0 saturated heterocycles. The Hall–Kier alpha value is -5.18. The average molecular weight is 2040 g/mol. The van der Waals surface area contributed by atoms with E-state index in [1.165, 1.54) is 0 Å². The molecule has 0 unspecified atom stereocenters. The summed E-state index contributed by atoms with van der Waals surface area (Å²) in [5, 5.41) is 17.7. The fourth-order valence-electron chi connectivity index (χ4n) is 15.4. The van der Waals surface area contributed by atoms with Gasteiger partial charge in [0.1, 0.15) is 33.6 Å². The molecule has 38 heteroatoms. The van der Waals surface area contributed by atoms with Crippen LogP contribution in [0.15, 0.2) is 0 Å². The second kappa shape index (κ2) is 82.7. The zero-order valence-corrected chi connectivity index (χ0v) is 93.9. The summed E-state index contributed by atoms with van der Waals surface area (Å²) >= 11 is 0. The molecule has 0 saturated carbocycles. The first-order chi connectivity index (χ1) is 64.3. The zero-order chi connectivity index (χ0) is 105. The molecule has 0 aromatic rings. The van der Waals surface area contributed by atoms with E-state index >= 15 is 0 Å². The number of carbonyl (C=O) groups excluding carboxylic acids is 6. The largest absolute Gasteiger partial charge is 0.444 e. The van der Waals surface area contributed by atoms with E-state index in [0.29, 0.717) is 220 Å². The molecule has 142 heavy (non-hydrogen) atoms. The Morgan fingerprint density at radius 3 is 0.479 bits per heavy atom. The normalized spacial score (nSPS) is 12.5. The third kappa shape index (κ3) is 91.1. The number of amides is 6. The van der Waals surface area contributed by atoms with Crippen LogP contribution in [0.25, 0.3) is 0 Å². The fourth-order valence-corrected chi connectivity index (χ4v) is 15.4. The summed E-state index contributed by atoms with van der Waals surface area (Å²) < 4.78 is 33.4. The number of alkyl carbamates (subject to hydrolysis) is 6.